The number of fused-ring (bicyclic) bond motifs is 1. The quantitative estimate of drug-likeness (QED) is 0.479. The lowest BCUT2D eigenvalue weighted by Crippen LogP contribution is -2.08. The Morgan fingerprint density at radius 3 is 2.19 bits per heavy atom. The van der Waals surface area contributed by atoms with E-state index in [9.17, 15) is 0 Å². The molecule has 0 bridgehead atoms. The van der Waals surface area contributed by atoms with Crippen LogP contribution in [0.4, 0.5) is 0 Å². The van der Waals surface area contributed by atoms with Crippen LogP contribution in [-0.4, -0.2) is 9.55 Å². The summed E-state index contributed by atoms with van der Waals surface area (Å²) in [4.78, 5) is 4.58. The number of rotatable bonds is 11. The van der Waals surface area contributed by atoms with Crippen LogP contribution in [0.1, 0.15) is 95.4 Å². The number of imidazole rings is 1. The largest absolute Gasteiger partial charge is 0.334 e. The fraction of sp³-hybridized carbons (Fsp3) is 0.842. The van der Waals surface area contributed by atoms with Crippen molar-refractivity contribution in [3.63, 3.8) is 0 Å². The van der Waals surface area contributed by atoms with Crippen LogP contribution in [0.15, 0.2) is 6.33 Å². The number of unbranched alkanes of at least 4 members (excludes halogenated alkanes) is 9. The summed E-state index contributed by atoms with van der Waals surface area (Å²) in [5, 5.41) is 0. The highest BCUT2D eigenvalue weighted by Crippen LogP contribution is 2.20. The molecule has 0 unspecified atom stereocenters. The zero-order valence-corrected chi connectivity index (χ0v) is 14.1. The maximum absolute atomic E-state index is 4.58. The second kappa shape index (κ2) is 10.0. The van der Waals surface area contributed by atoms with E-state index >= 15 is 0 Å². The summed E-state index contributed by atoms with van der Waals surface area (Å²) in [7, 11) is 0. The highest BCUT2D eigenvalue weighted by Gasteiger charge is 2.14. The van der Waals surface area contributed by atoms with Gasteiger partial charge in [0.15, 0.2) is 0 Å². The minimum absolute atomic E-state index is 1.19. The van der Waals surface area contributed by atoms with Crippen LogP contribution in [-0.2, 0) is 19.4 Å². The molecule has 0 atom stereocenters. The van der Waals surface area contributed by atoms with Crippen LogP contribution in [0.2, 0.25) is 0 Å². The Hall–Kier alpha value is -0.790. The van der Waals surface area contributed by atoms with Gasteiger partial charge in [0.2, 0.25) is 0 Å². The molecule has 1 aromatic heterocycles. The highest BCUT2D eigenvalue weighted by atomic mass is 15.1. The van der Waals surface area contributed by atoms with Gasteiger partial charge in [-0.1, -0.05) is 64.7 Å². The van der Waals surface area contributed by atoms with Gasteiger partial charge < -0.3 is 4.57 Å². The third-order valence-electron chi connectivity index (χ3n) is 4.86. The van der Waals surface area contributed by atoms with Gasteiger partial charge in [0.05, 0.1) is 12.0 Å². The first-order chi connectivity index (χ1) is 10.4. The SMILES string of the molecule is CCCCCCCCCCCCn1cnc2c1CCCC2. The number of aromatic nitrogens is 2. The first-order valence-corrected chi connectivity index (χ1v) is 9.44. The zero-order chi connectivity index (χ0) is 14.8. The Balaban J connectivity index is 1.48. The predicted molar refractivity (Wildman–Crippen MR) is 90.7 cm³/mol. The van der Waals surface area contributed by atoms with E-state index < -0.39 is 0 Å². The van der Waals surface area contributed by atoms with Crippen LogP contribution >= 0.6 is 0 Å². The summed E-state index contributed by atoms with van der Waals surface area (Å²) in [6, 6.07) is 0. The number of hydrogen-bond donors (Lipinski definition) is 0. The van der Waals surface area contributed by atoms with Gasteiger partial charge in [-0.25, -0.2) is 4.98 Å². The fourth-order valence-electron chi connectivity index (χ4n) is 3.49. The topological polar surface area (TPSA) is 17.8 Å². The molecule has 2 heteroatoms. The van der Waals surface area contributed by atoms with Crippen molar-refractivity contribution in [2.75, 3.05) is 0 Å². The van der Waals surface area contributed by atoms with Crippen molar-refractivity contribution in [2.24, 2.45) is 0 Å². The molecule has 0 saturated carbocycles. The molecular weight excluding hydrogens is 256 g/mol. The molecule has 120 valence electrons. The molecule has 1 aliphatic rings. The van der Waals surface area contributed by atoms with E-state index in [-0.39, 0.29) is 0 Å². The van der Waals surface area contributed by atoms with Crippen molar-refractivity contribution in [1.29, 1.82) is 0 Å². The van der Waals surface area contributed by atoms with E-state index in [2.05, 4.69) is 22.8 Å². The number of aryl methyl sites for hydroxylation is 2. The van der Waals surface area contributed by atoms with E-state index in [1.54, 1.807) is 0 Å². The van der Waals surface area contributed by atoms with E-state index in [1.165, 1.54) is 108 Å². The molecular formula is C19H34N2. The average molecular weight is 290 g/mol. The minimum atomic E-state index is 1.19. The molecule has 0 radical (unpaired) electrons. The molecule has 21 heavy (non-hydrogen) atoms. The molecule has 1 aliphatic carbocycles. The van der Waals surface area contributed by atoms with Crippen molar-refractivity contribution < 1.29 is 0 Å². The molecule has 0 spiro atoms. The molecule has 1 aromatic rings. The second-order valence-corrected chi connectivity index (χ2v) is 6.72. The van der Waals surface area contributed by atoms with Gasteiger partial charge in [-0.2, -0.15) is 0 Å². The third-order valence-corrected chi connectivity index (χ3v) is 4.86. The Morgan fingerprint density at radius 2 is 1.48 bits per heavy atom. The lowest BCUT2D eigenvalue weighted by atomic mass is 10.0. The summed E-state index contributed by atoms with van der Waals surface area (Å²) >= 11 is 0. The lowest BCUT2D eigenvalue weighted by molar-refractivity contribution is 0.523. The first-order valence-electron chi connectivity index (χ1n) is 9.44. The predicted octanol–water partition coefficient (Wildman–Crippen LogP) is 5.68. The highest BCUT2D eigenvalue weighted by molar-refractivity contribution is 5.16. The standard InChI is InChI=1S/C19H34N2/c1-2-3-4-5-6-7-8-9-10-13-16-21-17-20-18-14-11-12-15-19(18)21/h17H,2-16H2,1H3. The third kappa shape index (κ3) is 5.84. The molecule has 0 fully saturated rings. The van der Waals surface area contributed by atoms with E-state index in [0.717, 1.165) is 0 Å². The number of hydrogen-bond acceptors (Lipinski definition) is 1. The van der Waals surface area contributed by atoms with Crippen molar-refractivity contribution >= 4 is 0 Å². The van der Waals surface area contributed by atoms with Crippen LogP contribution in [0.5, 0.6) is 0 Å². The van der Waals surface area contributed by atoms with Crippen LogP contribution in [0.25, 0.3) is 0 Å². The molecule has 2 rings (SSSR count). The Kier molecular flexibility index (Phi) is 7.91. The van der Waals surface area contributed by atoms with Crippen molar-refractivity contribution in [2.45, 2.75) is 103 Å². The van der Waals surface area contributed by atoms with Crippen LogP contribution < -0.4 is 0 Å². The molecule has 0 aromatic carbocycles. The summed E-state index contributed by atoms with van der Waals surface area (Å²) in [5.74, 6) is 0. The summed E-state index contributed by atoms with van der Waals surface area (Å²) in [5.41, 5.74) is 2.92. The van der Waals surface area contributed by atoms with Crippen LogP contribution in [0, 0.1) is 0 Å². The summed E-state index contributed by atoms with van der Waals surface area (Å²) in [6.07, 6.45) is 21.4. The van der Waals surface area contributed by atoms with Gasteiger partial charge in [-0.15, -0.1) is 0 Å². The number of nitrogens with zero attached hydrogens (tertiary/aromatic N) is 2. The van der Waals surface area contributed by atoms with Gasteiger partial charge in [0.25, 0.3) is 0 Å². The molecule has 0 N–H and O–H groups in total. The van der Waals surface area contributed by atoms with Crippen molar-refractivity contribution in [1.82, 2.24) is 9.55 Å². The maximum atomic E-state index is 4.58. The molecule has 1 heterocycles. The normalized spacial score (nSPS) is 14.3. The Morgan fingerprint density at radius 1 is 0.857 bits per heavy atom. The van der Waals surface area contributed by atoms with Gasteiger partial charge in [0.1, 0.15) is 0 Å². The maximum Gasteiger partial charge on any atom is 0.0951 e. The average Bonchev–Trinajstić information content (AvgIpc) is 2.92. The molecule has 0 saturated heterocycles. The molecule has 2 nitrogen and oxygen atoms in total. The Bertz CT molecular complexity index is 381. The van der Waals surface area contributed by atoms with Gasteiger partial charge in [-0.3, -0.25) is 0 Å². The van der Waals surface area contributed by atoms with Gasteiger partial charge in [0, 0.05) is 12.2 Å². The van der Waals surface area contributed by atoms with E-state index in [0.29, 0.717) is 0 Å². The van der Waals surface area contributed by atoms with Gasteiger partial charge >= 0.3 is 0 Å². The lowest BCUT2D eigenvalue weighted by Gasteiger charge is -2.13. The summed E-state index contributed by atoms with van der Waals surface area (Å²) < 4.78 is 2.43. The molecule has 0 aliphatic heterocycles. The van der Waals surface area contributed by atoms with Crippen molar-refractivity contribution in [3.05, 3.63) is 17.7 Å². The summed E-state index contributed by atoms with van der Waals surface area (Å²) in [6.45, 7) is 3.48. The van der Waals surface area contributed by atoms with Crippen LogP contribution in [0.3, 0.4) is 0 Å². The zero-order valence-electron chi connectivity index (χ0n) is 14.1. The smallest absolute Gasteiger partial charge is 0.0951 e. The fourth-order valence-corrected chi connectivity index (χ4v) is 3.49. The van der Waals surface area contributed by atoms with E-state index in [1.807, 2.05) is 0 Å². The molecule has 0 amide bonds. The second-order valence-electron chi connectivity index (χ2n) is 6.72. The Labute approximate surface area is 131 Å². The van der Waals surface area contributed by atoms with Gasteiger partial charge in [-0.05, 0) is 32.1 Å². The van der Waals surface area contributed by atoms with E-state index in [4.69, 9.17) is 0 Å². The minimum Gasteiger partial charge on any atom is -0.334 e. The first kappa shape index (κ1) is 16.6. The monoisotopic (exact) mass is 290 g/mol. The van der Waals surface area contributed by atoms with Crippen molar-refractivity contribution in [3.8, 4) is 0 Å².